The Morgan fingerprint density at radius 3 is 2.56 bits per heavy atom. The largest absolute Gasteiger partial charge is 0.356 e. The van der Waals surface area contributed by atoms with E-state index in [1.165, 1.54) is 41.5 Å². The average molecular weight is 364 g/mol. The molecular formula is C22H29N5. The first kappa shape index (κ1) is 18.0. The molecule has 0 radical (unpaired) electrons. The Balaban J connectivity index is 1.59. The number of piperidine rings is 1. The highest BCUT2D eigenvalue weighted by Gasteiger charge is 2.17. The fourth-order valence-electron chi connectivity index (χ4n) is 4.05. The van der Waals surface area contributed by atoms with E-state index in [0.29, 0.717) is 0 Å². The van der Waals surface area contributed by atoms with Gasteiger partial charge in [0.25, 0.3) is 0 Å². The van der Waals surface area contributed by atoms with Crippen molar-refractivity contribution in [3.8, 4) is 0 Å². The molecule has 3 heterocycles. The van der Waals surface area contributed by atoms with Crippen molar-refractivity contribution in [1.82, 2.24) is 20.1 Å². The summed E-state index contributed by atoms with van der Waals surface area (Å²) in [6, 6.07) is 10.7. The fourth-order valence-corrected chi connectivity index (χ4v) is 4.05. The Morgan fingerprint density at radius 1 is 1.04 bits per heavy atom. The number of pyridine rings is 1. The first-order valence-corrected chi connectivity index (χ1v) is 9.97. The quantitative estimate of drug-likeness (QED) is 0.748. The Labute approximate surface area is 161 Å². The van der Waals surface area contributed by atoms with Gasteiger partial charge in [0.1, 0.15) is 5.82 Å². The highest BCUT2D eigenvalue weighted by atomic mass is 15.3. The highest BCUT2D eigenvalue weighted by molar-refractivity contribution is 5.81. The van der Waals surface area contributed by atoms with Crippen molar-refractivity contribution in [1.29, 1.82) is 0 Å². The van der Waals surface area contributed by atoms with Gasteiger partial charge in [-0.3, -0.25) is 4.68 Å². The molecule has 0 amide bonds. The van der Waals surface area contributed by atoms with E-state index in [1.807, 2.05) is 11.7 Å². The minimum atomic E-state index is 0.817. The van der Waals surface area contributed by atoms with Crippen LogP contribution in [0.5, 0.6) is 0 Å². The molecule has 0 aliphatic carbocycles. The van der Waals surface area contributed by atoms with Crippen LogP contribution in [0.15, 0.2) is 30.3 Å². The normalized spacial score (nSPS) is 14.9. The molecule has 3 aromatic rings. The number of para-hydroxylation sites is 1. The summed E-state index contributed by atoms with van der Waals surface area (Å²) < 4.78 is 1.96. The van der Waals surface area contributed by atoms with Crippen LogP contribution in [-0.4, -0.2) is 27.9 Å². The van der Waals surface area contributed by atoms with Crippen LogP contribution in [0.25, 0.3) is 10.9 Å². The predicted octanol–water partition coefficient (Wildman–Crippen LogP) is 3.87. The van der Waals surface area contributed by atoms with Crippen LogP contribution < -0.4 is 10.2 Å². The molecule has 1 aromatic carbocycles. The van der Waals surface area contributed by atoms with Gasteiger partial charge in [-0.2, -0.15) is 5.10 Å². The maximum Gasteiger partial charge on any atom is 0.133 e. The minimum absolute atomic E-state index is 0.817. The SMILES string of the molecule is Cc1nn(C)c(C)c1CNCc1cc2ccccc2nc1N1CCCCC1. The van der Waals surface area contributed by atoms with Gasteiger partial charge in [-0.1, -0.05) is 18.2 Å². The summed E-state index contributed by atoms with van der Waals surface area (Å²) in [5.41, 5.74) is 6.00. The third-order valence-corrected chi connectivity index (χ3v) is 5.71. The summed E-state index contributed by atoms with van der Waals surface area (Å²) in [7, 11) is 2.01. The first-order valence-electron chi connectivity index (χ1n) is 9.97. The smallest absolute Gasteiger partial charge is 0.133 e. The number of nitrogens with one attached hydrogen (secondary N) is 1. The maximum absolute atomic E-state index is 5.03. The van der Waals surface area contributed by atoms with Gasteiger partial charge in [0.15, 0.2) is 0 Å². The van der Waals surface area contributed by atoms with E-state index >= 15 is 0 Å². The Bertz CT molecular complexity index is 937. The second-order valence-corrected chi connectivity index (χ2v) is 7.59. The number of fused-ring (bicyclic) bond motifs is 1. The minimum Gasteiger partial charge on any atom is -0.356 e. The third-order valence-electron chi connectivity index (χ3n) is 5.71. The molecule has 0 saturated carbocycles. The molecule has 4 rings (SSSR count). The van der Waals surface area contributed by atoms with Crippen LogP contribution in [0, 0.1) is 13.8 Å². The molecule has 1 aliphatic heterocycles. The zero-order valence-corrected chi connectivity index (χ0v) is 16.6. The number of aromatic nitrogens is 3. The van der Waals surface area contributed by atoms with E-state index in [-0.39, 0.29) is 0 Å². The summed E-state index contributed by atoms with van der Waals surface area (Å²) in [6.07, 6.45) is 3.85. The number of nitrogens with zero attached hydrogens (tertiary/aromatic N) is 4. The fraction of sp³-hybridized carbons (Fsp3) is 0.455. The van der Waals surface area contributed by atoms with E-state index in [9.17, 15) is 0 Å². The first-order chi connectivity index (χ1) is 13.1. The summed E-state index contributed by atoms with van der Waals surface area (Å²) in [6.45, 7) is 8.09. The van der Waals surface area contributed by atoms with E-state index in [1.54, 1.807) is 0 Å². The third kappa shape index (κ3) is 3.69. The van der Waals surface area contributed by atoms with Crippen molar-refractivity contribution in [2.24, 2.45) is 7.05 Å². The predicted molar refractivity (Wildman–Crippen MR) is 111 cm³/mol. The van der Waals surface area contributed by atoms with Crippen LogP contribution in [0.1, 0.15) is 41.8 Å². The average Bonchev–Trinajstić information content (AvgIpc) is 2.94. The van der Waals surface area contributed by atoms with Gasteiger partial charge < -0.3 is 10.2 Å². The Hall–Kier alpha value is -2.40. The molecule has 0 bridgehead atoms. The number of rotatable bonds is 5. The molecule has 5 nitrogen and oxygen atoms in total. The molecule has 0 atom stereocenters. The van der Waals surface area contributed by atoms with Gasteiger partial charge in [-0.25, -0.2) is 4.98 Å². The van der Waals surface area contributed by atoms with Crippen LogP contribution >= 0.6 is 0 Å². The van der Waals surface area contributed by atoms with Crippen LogP contribution in [0.2, 0.25) is 0 Å². The number of hydrogen-bond acceptors (Lipinski definition) is 4. The molecule has 0 spiro atoms. The molecule has 1 aliphatic rings. The lowest BCUT2D eigenvalue weighted by Crippen LogP contribution is -2.31. The van der Waals surface area contributed by atoms with E-state index < -0.39 is 0 Å². The summed E-state index contributed by atoms with van der Waals surface area (Å²) in [5.74, 6) is 1.15. The lowest BCUT2D eigenvalue weighted by molar-refractivity contribution is 0.570. The standard InChI is InChI=1S/C22H29N5/c1-16-20(17(2)26(3)25-16)15-23-14-19-13-18-9-5-6-10-21(18)24-22(19)27-11-7-4-8-12-27/h5-6,9-10,13,23H,4,7-8,11-12,14-15H2,1-3H3. The van der Waals surface area contributed by atoms with Gasteiger partial charge in [-0.15, -0.1) is 0 Å². The van der Waals surface area contributed by atoms with Crippen molar-refractivity contribution in [2.45, 2.75) is 46.2 Å². The van der Waals surface area contributed by atoms with Crippen LogP contribution in [0.3, 0.4) is 0 Å². The topological polar surface area (TPSA) is 46.0 Å². The Morgan fingerprint density at radius 2 is 1.81 bits per heavy atom. The molecule has 2 aromatic heterocycles. The zero-order chi connectivity index (χ0) is 18.8. The van der Waals surface area contributed by atoms with E-state index in [4.69, 9.17) is 4.98 Å². The molecule has 27 heavy (non-hydrogen) atoms. The van der Waals surface area contributed by atoms with Crippen molar-refractivity contribution in [2.75, 3.05) is 18.0 Å². The van der Waals surface area contributed by atoms with E-state index in [0.717, 1.165) is 43.2 Å². The van der Waals surface area contributed by atoms with Crippen molar-refractivity contribution in [3.05, 3.63) is 52.8 Å². The van der Waals surface area contributed by atoms with E-state index in [2.05, 4.69) is 59.5 Å². The number of aryl methyl sites for hydroxylation is 2. The van der Waals surface area contributed by atoms with Crippen LogP contribution in [0.4, 0.5) is 5.82 Å². The van der Waals surface area contributed by atoms with Crippen molar-refractivity contribution < 1.29 is 0 Å². The second-order valence-electron chi connectivity index (χ2n) is 7.59. The second kappa shape index (κ2) is 7.69. The number of hydrogen-bond donors (Lipinski definition) is 1. The number of benzene rings is 1. The zero-order valence-electron chi connectivity index (χ0n) is 16.6. The highest BCUT2D eigenvalue weighted by Crippen LogP contribution is 2.26. The molecule has 5 heteroatoms. The van der Waals surface area contributed by atoms with Gasteiger partial charge in [0.05, 0.1) is 11.2 Å². The van der Waals surface area contributed by atoms with Crippen LogP contribution in [-0.2, 0) is 20.1 Å². The van der Waals surface area contributed by atoms with Crippen molar-refractivity contribution >= 4 is 16.7 Å². The lowest BCUT2D eigenvalue weighted by Gasteiger charge is -2.30. The molecule has 1 N–H and O–H groups in total. The molecule has 142 valence electrons. The van der Waals surface area contributed by atoms with Gasteiger partial charge >= 0.3 is 0 Å². The van der Waals surface area contributed by atoms with Gasteiger partial charge in [0.2, 0.25) is 0 Å². The number of anilines is 1. The lowest BCUT2D eigenvalue weighted by atomic mass is 10.1. The summed E-state index contributed by atoms with van der Waals surface area (Å²) in [5, 5.41) is 9.37. The Kier molecular flexibility index (Phi) is 5.12. The van der Waals surface area contributed by atoms with Gasteiger partial charge in [-0.05, 0) is 45.2 Å². The molecular weight excluding hydrogens is 334 g/mol. The molecule has 1 fully saturated rings. The van der Waals surface area contributed by atoms with Gasteiger partial charge in [0, 0.05) is 55.4 Å². The molecule has 1 saturated heterocycles. The van der Waals surface area contributed by atoms with Crippen molar-refractivity contribution in [3.63, 3.8) is 0 Å². The maximum atomic E-state index is 5.03. The summed E-state index contributed by atoms with van der Waals surface area (Å²) in [4.78, 5) is 7.50. The molecule has 0 unspecified atom stereocenters. The monoisotopic (exact) mass is 363 g/mol. The summed E-state index contributed by atoms with van der Waals surface area (Å²) >= 11 is 0.